The molecule has 8 N–H and O–H groups in total. The molecule has 0 fully saturated rings. The monoisotopic (exact) mass is 378 g/mol. The van der Waals surface area contributed by atoms with Crippen molar-refractivity contribution in [2.75, 3.05) is 14.2 Å². The maximum Gasteiger partial charge on any atom is 0.211 e. The molecule has 0 spiro atoms. The van der Waals surface area contributed by atoms with Crippen molar-refractivity contribution in [1.29, 1.82) is 0 Å². The number of ether oxygens (including phenoxy) is 2. The summed E-state index contributed by atoms with van der Waals surface area (Å²) in [6, 6.07) is 3.45. The Bertz CT molecular complexity index is 583. The molecule has 1 aromatic carbocycles. The largest absolute Gasteiger partial charge is 0.492 e. The van der Waals surface area contributed by atoms with Gasteiger partial charge in [0.1, 0.15) is 0 Å². The fourth-order valence-corrected chi connectivity index (χ4v) is 1.53. The topological polar surface area (TPSA) is 172 Å². The van der Waals surface area contributed by atoms with Crippen LogP contribution in [0, 0.1) is 0 Å². The highest BCUT2D eigenvalue weighted by molar-refractivity contribution is 5.92. The number of hydrogen-bond donors (Lipinski definition) is 4. The SMILES string of the molecule is COc1c(/C=N/N=C(N)N)ccc(/C=N/N=C(N)N)c1OC.Cl.Cl. The van der Waals surface area contributed by atoms with Crippen molar-refractivity contribution in [3.63, 3.8) is 0 Å². The van der Waals surface area contributed by atoms with Gasteiger partial charge in [-0.2, -0.15) is 10.2 Å². The van der Waals surface area contributed by atoms with Crippen molar-refractivity contribution in [1.82, 2.24) is 0 Å². The summed E-state index contributed by atoms with van der Waals surface area (Å²) >= 11 is 0. The van der Waals surface area contributed by atoms with Gasteiger partial charge in [0.2, 0.25) is 11.9 Å². The Balaban J connectivity index is 0. The summed E-state index contributed by atoms with van der Waals surface area (Å²) in [5, 5.41) is 14.5. The first-order valence-corrected chi connectivity index (χ1v) is 5.98. The molecule has 0 atom stereocenters. The molecule has 0 saturated carbocycles. The first-order chi connectivity index (χ1) is 10.5. The highest BCUT2D eigenvalue weighted by Gasteiger charge is 2.13. The van der Waals surface area contributed by atoms with Crippen molar-refractivity contribution in [3.8, 4) is 11.5 Å². The lowest BCUT2D eigenvalue weighted by Crippen LogP contribution is -2.21. The van der Waals surface area contributed by atoms with Crippen LogP contribution in [0.2, 0.25) is 0 Å². The zero-order valence-corrected chi connectivity index (χ0v) is 14.7. The van der Waals surface area contributed by atoms with Crippen LogP contribution < -0.4 is 32.4 Å². The first kappa shape index (κ1) is 23.5. The average Bonchev–Trinajstić information content (AvgIpc) is 2.46. The summed E-state index contributed by atoms with van der Waals surface area (Å²) in [5.74, 6) is 0.572. The van der Waals surface area contributed by atoms with Gasteiger partial charge in [0.25, 0.3) is 0 Å². The maximum atomic E-state index is 5.32. The number of nitrogens with two attached hydrogens (primary N) is 4. The molecule has 10 nitrogen and oxygen atoms in total. The third kappa shape index (κ3) is 7.03. The lowest BCUT2D eigenvalue weighted by molar-refractivity contribution is 0.354. The van der Waals surface area contributed by atoms with E-state index in [9.17, 15) is 0 Å². The third-order valence-corrected chi connectivity index (χ3v) is 2.32. The van der Waals surface area contributed by atoms with Crippen LogP contribution in [0.3, 0.4) is 0 Å². The summed E-state index contributed by atoms with van der Waals surface area (Å²) in [4.78, 5) is 0. The van der Waals surface area contributed by atoms with Crippen LogP contribution in [0.25, 0.3) is 0 Å². The fraction of sp³-hybridized carbons (Fsp3) is 0.167. The number of nitrogens with zero attached hydrogens (tertiary/aromatic N) is 4. The van der Waals surface area contributed by atoms with Crippen molar-refractivity contribution in [3.05, 3.63) is 23.3 Å². The Labute approximate surface area is 151 Å². The molecule has 12 heteroatoms. The predicted molar refractivity (Wildman–Crippen MR) is 101 cm³/mol. The van der Waals surface area contributed by atoms with E-state index in [0.717, 1.165) is 0 Å². The van der Waals surface area contributed by atoms with Gasteiger partial charge in [0.15, 0.2) is 11.5 Å². The number of benzene rings is 1. The summed E-state index contributed by atoms with van der Waals surface area (Å²) in [5.41, 5.74) is 22.0. The smallest absolute Gasteiger partial charge is 0.211 e. The molecule has 1 rings (SSSR count). The Hall–Kier alpha value is -2.72. The van der Waals surface area contributed by atoms with Crippen LogP contribution in [0.15, 0.2) is 32.5 Å². The van der Waals surface area contributed by atoms with Crippen molar-refractivity contribution in [2.24, 2.45) is 43.3 Å². The lowest BCUT2D eigenvalue weighted by Gasteiger charge is -2.12. The number of halogens is 2. The molecule has 0 unspecified atom stereocenters. The molecule has 0 aliphatic heterocycles. The zero-order chi connectivity index (χ0) is 16.5. The van der Waals surface area contributed by atoms with Gasteiger partial charge in [-0.05, 0) is 12.1 Å². The molecule has 0 radical (unpaired) electrons. The van der Waals surface area contributed by atoms with E-state index in [2.05, 4.69) is 20.4 Å². The minimum absolute atomic E-state index is 0. The molecule has 0 saturated heterocycles. The summed E-state index contributed by atoms with van der Waals surface area (Å²) in [6.07, 6.45) is 2.86. The predicted octanol–water partition coefficient (Wildman–Crippen LogP) is -0.238. The van der Waals surface area contributed by atoms with Crippen LogP contribution in [-0.2, 0) is 0 Å². The summed E-state index contributed by atoms with van der Waals surface area (Å²) in [6.45, 7) is 0. The third-order valence-electron chi connectivity index (χ3n) is 2.32. The van der Waals surface area contributed by atoms with Crippen LogP contribution in [0.4, 0.5) is 0 Å². The van der Waals surface area contributed by atoms with E-state index in [1.54, 1.807) is 12.1 Å². The van der Waals surface area contributed by atoms with Gasteiger partial charge in [0, 0.05) is 11.1 Å². The minimum Gasteiger partial charge on any atom is -0.492 e. The minimum atomic E-state index is -0.150. The van der Waals surface area contributed by atoms with E-state index >= 15 is 0 Å². The standard InChI is InChI=1S/C12H18N8O2.2ClH/c1-21-9-7(5-17-19-11(13)14)3-4-8(10(9)22-2)6-18-20-12(15)16;;/h3-6H,1-2H3,(H4,13,14,19)(H4,15,16,20);2*1H/b17-5+,18-6+;;. The highest BCUT2D eigenvalue weighted by atomic mass is 35.5. The molecule has 0 aliphatic rings. The van der Waals surface area contributed by atoms with E-state index in [1.165, 1.54) is 26.6 Å². The molecular formula is C12H20Cl2N8O2. The van der Waals surface area contributed by atoms with E-state index in [4.69, 9.17) is 32.4 Å². The molecular weight excluding hydrogens is 359 g/mol. The summed E-state index contributed by atoms with van der Waals surface area (Å²) in [7, 11) is 2.99. The highest BCUT2D eigenvalue weighted by Crippen LogP contribution is 2.33. The second-order valence-electron chi connectivity index (χ2n) is 3.85. The van der Waals surface area contributed by atoms with Gasteiger partial charge in [-0.15, -0.1) is 35.0 Å². The molecule has 24 heavy (non-hydrogen) atoms. The van der Waals surface area contributed by atoms with Gasteiger partial charge in [-0.3, -0.25) is 0 Å². The van der Waals surface area contributed by atoms with Crippen molar-refractivity contribution >= 4 is 49.2 Å². The zero-order valence-electron chi connectivity index (χ0n) is 13.0. The number of hydrogen-bond acceptors (Lipinski definition) is 6. The Kier molecular flexibility index (Phi) is 11.6. The molecule has 1 aromatic rings. The number of guanidine groups is 2. The van der Waals surface area contributed by atoms with Crippen LogP contribution in [0.5, 0.6) is 11.5 Å². The van der Waals surface area contributed by atoms with Gasteiger partial charge < -0.3 is 32.4 Å². The molecule has 0 heterocycles. The van der Waals surface area contributed by atoms with E-state index in [0.29, 0.717) is 22.6 Å². The van der Waals surface area contributed by atoms with E-state index in [-0.39, 0.29) is 36.7 Å². The fourth-order valence-electron chi connectivity index (χ4n) is 1.53. The maximum absolute atomic E-state index is 5.32. The first-order valence-electron chi connectivity index (χ1n) is 5.98. The number of methoxy groups -OCH3 is 2. The second-order valence-corrected chi connectivity index (χ2v) is 3.85. The molecule has 0 bridgehead atoms. The van der Waals surface area contributed by atoms with Crippen molar-refractivity contribution in [2.45, 2.75) is 0 Å². The normalized spacial score (nSPS) is 9.75. The lowest BCUT2D eigenvalue weighted by atomic mass is 10.1. The van der Waals surface area contributed by atoms with Gasteiger partial charge in [-0.25, -0.2) is 0 Å². The van der Waals surface area contributed by atoms with Crippen LogP contribution in [0.1, 0.15) is 11.1 Å². The number of rotatable bonds is 6. The molecule has 0 aliphatic carbocycles. The Morgan fingerprint density at radius 2 is 1.12 bits per heavy atom. The van der Waals surface area contributed by atoms with E-state index < -0.39 is 0 Å². The van der Waals surface area contributed by atoms with Gasteiger partial charge >= 0.3 is 0 Å². The molecule has 0 amide bonds. The van der Waals surface area contributed by atoms with E-state index in [1.807, 2.05) is 0 Å². The van der Waals surface area contributed by atoms with Gasteiger partial charge in [-0.1, -0.05) is 0 Å². The Morgan fingerprint density at radius 3 is 1.38 bits per heavy atom. The molecule has 0 aromatic heterocycles. The average molecular weight is 379 g/mol. The van der Waals surface area contributed by atoms with Crippen molar-refractivity contribution < 1.29 is 9.47 Å². The Morgan fingerprint density at radius 1 is 0.792 bits per heavy atom. The van der Waals surface area contributed by atoms with Gasteiger partial charge in [0.05, 0.1) is 26.6 Å². The quantitative estimate of drug-likeness (QED) is 0.302. The second kappa shape index (κ2) is 11.8. The van der Waals surface area contributed by atoms with Crippen LogP contribution in [-0.4, -0.2) is 38.6 Å². The van der Waals surface area contributed by atoms with Crippen LogP contribution >= 0.6 is 24.8 Å². The molecule has 134 valence electrons. The summed E-state index contributed by atoms with van der Waals surface area (Å²) < 4.78 is 10.6.